The highest BCUT2D eigenvalue weighted by Gasteiger charge is 2.18. The van der Waals surface area contributed by atoms with Crippen LogP contribution in [0.3, 0.4) is 0 Å². The molecule has 0 bridgehead atoms. The quantitative estimate of drug-likeness (QED) is 0.529. The predicted molar refractivity (Wildman–Crippen MR) is 95.0 cm³/mol. The van der Waals surface area contributed by atoms with Crippen molar-refractivity contribution in [3.8, 4) is 0 Å². The molecule has 1 aromatic carbocycles. The van der Waals surface area contributed by atoms with Crippen LogP contribution in [0.25, 0.3) is 0 Å². The molecule has 23 heavy (non-hydrogen) atoms. The van der Waals surface area contributed by atoms with Crippen LogP contribution in [0.1, 0.15) is 44.0 Å². The third-order valence-electron chi connectivity index (χ3n) is 3.36. The molecule has 0 heterocycles. The minimum absolute atomic E-state index is 0.162. The molecule has 0 aliphatic heterocycles. The molecule has 0 radical (unpaired) electrons. The van der Waals surface area contributed by atoms with Gasteiger partial charge in [0.25, 0.3) is 5.91 Å². The Kier molecular flexibility index (Phi) is 8.48. The molecule has 1 atom stereocenters. The molecule has 126 valence electrons. The minimum atomic E-state index is -0.863. The molecule has 0 aromatic heterocycles. The van der Waals surface area contributed by atoms with Crippen LogP contribution >= 0.6 is 11.8 Å². The van der Waals surface area contributed by atoms with Crippen molar-refractivity contribution in [2.45, 2.75) is 38.5 Å². The fourth-order valence-corrected chi connectivity index (χ4v) is 3.14. The van der Waals surface area contributed by atoms with Crippen molar-refractivity contribution in [1.82, 2.24) is 5.32 Å². The Morgan fingerprint density at radius 1 is 1.30 bits per heavy atom. The first-order valence-electron chi connectivity index (χ1n) is 7.81. The lowest BCUT2D eigenvalue weighted by Crippen LogP contribution is -2.33. The molecule has 0 aliphatic rings. The number of hydrogen-bond donors (Lipinski definition) is 2. The highest BCUT2D eigenvalue weighted by Crippen LogP contribution is 2.23. The van der Waals surface area contributed by atoms with E-state index in [0.29, 0.717) is 12.0 Å². The molecule has 4 nitrogen and oxygen atoms in total. The lowest BCUT2D eigenvalue weighted by Gasteiger charge is -2.13. The summed E-state index contributed by atoms with van der Waals surface area (Å²) in [4.78, 5) is 24.4. The summed E-state index contributed by atoms with van der Waals surface area (Å²) < 4.78 is 0. The van der Waals surface area contributed by atoms with Crippen LogP contribution in [0, 0.1) is 5.92 Å². The number of amides is 1. The number of carbonyl (C=O) groups is 2. The summed E-state index contributed by atoms with van der Waals surface area (Å²) >= 11 is 1.60. The van der Waals surface area contributed by atoms with Gasteiger partial charge in [-0.1, -0.05) is 37.1 Å². The Hall–Kier alpha value is -1.75. The van der Waals surface area contributed by atoms with E-state index in [1.165, 1.54) is 5.57 Å². The van der Waals surface area contributed by atoms with Gasteiger partial charge in [0.05, 0.1) is 11.5 Å². The number of rotatable bonds is 9. The number of nitrogens with one attached hydrogen (secondary N) is 1. The number of hydrogen-bond acceptors (Lipinski definition) is 3. The van der Waals surface area contributed by atoms with Crippen LogP contribution in [0.4, 0.5) is 0 Å². The second-order valence-corrected chi connectivity index (χ2v) is 6.68. The van der Waals surface area contributed by atoms with Crippen LogP contribution in [-0.2, 0) is 4.79 Å². The predicted octanol–water partition coefficient (Wildman–Crippen LogP) is 3.98. The lowest BCUT2D eigenvalue weighted by atomic mass is 10.0. The summed E-state index contributed by atoms with van der Waals surface area (Å²) in [5, 5.41) is 11.9. The van der Waals surface area contributed by atoms with Gasteiger partial charge < -0.3 is 10.4 Å². The van der Waals surface area contributed by atoms with Crippen molar-refractivity contribution in [3.63, 3.8) is 0 Å². The minimum Gasteiger partial charge on any atom is -0.481 e. The highest BCUT2D eigenvalue weighted by atomic mass is 32.2. The number of aliphatic carboxylic acids is 1. The molecule has 1 rings (SSSR count). The molecular weight excluding hydrogens is 310 g/mol. The van der Waals surface area contributed by atoms with Gasteiger partial charge in [-0.15, -0.1) is 11.8 Å². The number of carboxylic acid groups (broad SMARTS) is 1. The van der Waals surface area contributed by atoms with Gasteiger partial charge in [0, 0.05) is 17.2 Å². The lowest BCUT2D eigenvalue weighted by molar-refractivity contribution is -0.141. The number of carboxylic acids is 1. The summed E-state index contributed by atoms with van der Waals surface area (Å²) in [6, 6.07) is 7.41. The van der Waals surface area contributed by atoms with Gasteiger partial charge in [0.15, 0.2) is 0 Å². The smallest absolute Gasteiger partial charge is 0.308 e. The van der Waals surface area contributed by atoms with Crippen LogP contribution < -0.4 is 5.32 Å². The molecule has 0 saturated heterocycles. The van der Waals surface area contributed by atoms with Crippen LogP contribution in [0.5, 0.6) is 0 Å². The van der Waals surface area contributed by atoms with Gasteiger partial charge in [-0.3, -0.25) is 9.59 Å². The second-order valence-electron chi connectivity index (χ2n) is 5.62. The van der Waals surface area contributed by atoms with Gasteiger partial charge >= 0.3 is 5.97 Å². The van der Waals surface area contributed by atoms with Crippen molar-refractivity contribution in [2.24, 2.45) is 5.92 Å². The largest absolute Gasteiger partial charge is 0.481 e. The number of carbonyl (C=O) groups excluding carboxylic acids is 1. The van der Waals surface area contributed by atoms with Crippen molar-refractivity contribution in [3.05, 3.63) is 41.5 Å². The fourth-order valence-electron chi connectivity index (χ4n) is 2.05. The fraction of sp³-hybridized carbons (Fsp3) is 0.444. The van der Waals surface area contributed by atoms with E-state index in [-0.39, 0.29) is 12.5 Å². The Labute approximate surface area is 142 Å². The third kappa shape index (κ3) is 6.91. The monoisotopic (exact) mass is 335 g/mol. The Morgan fingerprint density at radius 3 is 2.61 bits per heavy atom. The third-order valence-corrected chi connectivity index (χ3v) is 4.36. The zero-order chi connectivity index (χ0) is 17.2. The molecule has 0 aliphatic carbocycles. The maximum absolute atomic E-state index is 12.4. The van der Waals surface area contributed by atoms with E-state index in [4.69, 9.17) is 5.11 Å². The van der Waals surface area contributed by atoms with Gasteiger partial charge in [-0.05, 0) is 32.4 Å². The number of benzene rings is 1. The molecule has 0 saturated carbocycles. The maximum Gasteiger partial charge on any atom is 0.308 e. The van der Waals surface area contributed by atoms with Gasteiger partial charge in [-0.2, -0.15) is 0 Å². The van der Waals surface area contributed by atoms with Gasteiger partial charge in [0.2, 0.25) is 0 Å². The molecule has 1 amide bonds. The zero-order valence-electron chi connectivity index (χ0n) is 14.0. The first-order valence-corrected chi connectivity index (χ1v) is 8.80. The summed E-state index contributed by atoms with van der Waals surface area (Å²) in [6.07, 6.45) is 3.45. The summed E-state index contributed by atoms with van der Waals surface area (Å²) in [7, 11) is 0. The topological polar surface area (TPSA) is 66.4 Å². The summed E-state index contributed by atoms with van der Waals surface area (Å²) in [6.45, 7) is 6.18. The van der Waals surface area contributed by atoms with E-state index >= 15 is 0 Å². The zero-order valence-corrected chi connectivity index (χ0v) is 14.8. The van der Waals surface area contributed by atoms with E-state index in [1.54, 1.807) is 17.8 Å². The SMILES string of the molecule is CCCC(CNC(=O)c1ccccc1SCC=C(C)C)C(=O)O. The molecule has 5 heteroatoms. The van der Waals surface area contributed by atoms with Gasteiger partial charge in [-0.25, -0.2) is 0 Å². The molecule has 0 spiro atoms. The highest BCUT2D eigenvalue weighted by molar-refractivity contribution is 7.99. The van der Waals surface area contributed by atoms with Gasteiger partial charge in [0.1, 0.15) is 0 Å². The number of allylic oxidation sites excluding steroid dienone is 1. The first-order chi connectivity index (χ1) is 11.0. The summed E-state index contributed by atoms with van der Waals surface area (Å²) in [5.74, 6) is -0.805. The van der Waals surface area contributed by atoms with Crippen LogP contribution in [0.15, 0.2) is 40.8 Å². The second kappa shape index (κ2) is 10.1. The van der Waals surface area contributed by atoms with Crippen molar-refractivity contribution in [2.75, 3.05) is 12.3 Å². The standard InChI is InChI=1S/C18H25NO3S/c1-4-7-14(18(21)22)12-19-17(20)15-8-5-6-9-16(15)23-11-10-13(2)3/h5-6,8-10,14H,4,7,11-12H2,1-3H3,(H,19,20)(H,21,22). The van der Waals surface area contributed by atoms with E-state index < -0.39 is 11.9 Å². The van der Waals surface area contributed by atoms with E-state index in [0.717, 1.165) is 17.1 Å². The van der Waals surface area contributed by atoms with E-state index in [2.05, 4.69) is 11.4 Å². The van der Waals surface area contributed by atoms with Crippen molar-refractivity contribution in [1.29, 1.82) is 0 Å². The first kappa shape index (κ1) is 19.3. The average Bonchev–Trinajstić information content (AvgIpc) is 2.51. The molecule has 0 fully saturated rings. The Bertz CT molecular complexity index is 565. The molecule has 1 unspecified atom stereocenters. The average molecular weight is 335 g/mol. The summed E-state index contributed by atoms with van der Waals surface area (Å²) in [5.41, 5.74) is 1.84. The van der Waals surface area contributed by atoms with Crippen LogP contribution in [0.2, 0.25) is 0 Å². The van der Waals surface area contributed by atoms with E-state index in [9.17, 15) is 9.59 Å². The van der Waals surface area contributed by atoms with Crippen molar-refractivity contribution >= 4 is 23.6 Å². The molecule has 2 N–H and O–H groups in total. The number of thioether (sulfide) groups is 1. The maximum atomic E-state index is 12.4. The van der Waals surface area contributed by atoms with Crippen molar-refractivity contribution < 1.29 is 14.7 Å². The Balaban J connectivity index is 2.72. The normalized spacial score (nSPS) is 11.6. The molecule has 1 aromatic rings. The Morgan fingerprint density at radius 2 is 2.00 bits per heavy atom. The van der Waals surface area contributed by atoms with Crippen LogP contribution in [-0.4, -0.2) is 29.3 Å². The molecular formula is C18H25NO3S. The van der Waals surface area contributed by atoms with E-state index in [1.807, 2.05) is 39.0 Å².